The van der Waals surface area contributed by atoms with E-state index in [0.29, 0.717) is 11.8 Å². The molecule has 2 unspecified atom stereocenters. The van der Waals surface area contributed by atoms with Crippen molar-refractivity contribution in [3.63, 3.8) is 0 Å². The molecule has 3 heterocycles. The summed E-state index contributed by atoms with van der Waals surface area (Å²) >= 11 is 0. The molecule has 3 aromatic rings. The van der Waals surface area contributed by atoms with Crippen LogP contribution < -0.4 is 4.74 Å². The van der Waals surface area contributed by atoms with Gasteiger partial charge in [-0.15, -0.1) is 0 Å². The molecule has 1 aromatic carbocycles. The molecule has 0 saturated carbocycles. The number of rotatable bonds is 4. The van der Waals surface area contributed by atoms with Crippen molar-refractivity contribution in [2.45, 2.75) is 25.8 Å². The summed E-state index contributed by atoms with van der Waals surface area (Å²) in [5.41, 5.74) is 3.27. The van der Waals surface area contributed by atoms with E-state index in [1.807, 2.05) is 12.1 Å². The second kappa shape index (κ2) is 7.08. The van der Waals surface area contributed by atoms with E-state index in [0.717, 1.165) is 48.8 Å². The third-order valence-electron chi connectivity index (χ3n) is 5.64. The molecule has 0 aliphatic carbocycles. The Kier molecular flexibility index (Phi) is 4.64. The Labute approximate surface area is 154 Å². The van der Waals surface area contributed by atoms with Crippen LogP contribution in [0.15, 0.2) is 42.6 Å². The topological polar surface area (TPSA) is 43.2 Å². The molecule has 1 fully saturated rings. The normalized spacial score (nSPS) is 21.2. The molecular formula is C21H26N4O. The molecule has 26 heavy (non-hydrogen) atoms. The Morgan fingerprint density at radius 2 is 2.04 bits per heavy atom. The predicted octanol–water partition coefficient (Wildman–Crippen LogP) is 3.60. The molecule has 136 valence electrons. The first kappa shape index (κ1) is 17.0. The maximum Gasteiger partial charge on any atom is 0.177 e. The van der Waals surface area contributed by atoms with Crippen molar-refractivity contribution in [2.75, 3.05) is 20.2 Å². The highest BCUT2D eigenvalue weighted by Gasteiger charge is 2.29. The van der Waals surface area contributed by atoms with E-state index in [-0.39, 0.29) is 0 Å². The van der Waals surface area contributed by atoms with Gasteiger partial charge in [-0.3, -0.25) is 4.90 Å². The lowest BCUT2D eigenvalue weighted by molar-refractivity contribution is 0.150. The van der Waals surface area contributed by atoms with Crippen molar-refractivity contribution in [3.8, 4) is 5.75 Å². The highest BCUT2D eigenvalue weighted by atomic mass is 16.5. The molecule has 1 saturated heterocycles. The fraction of sp³-hybridized carbons (Fsp3) is 0.429. The monoisotopic (exact) mass is 350 g/mol. The summed E-state index contributed by atoms with van der Waals surface area (Å²) < 4.78 is 7.75. The number of methoxy groups -OCH3 is 1. The van der Waals surface area contributed by atoms with Crippen LogP contribution in [0.25, 0.3) is 11.2 Å². The summed E-state index contributed by atoms with van der Waals surface area (Å²) in [6.45, 7) is 5.36. The van der Waals surface area contributed by atoms with Gasteiger partial charge in [-0.1, -0.05) is 25.1 Å². The van der Waals surface area contributed by atoms with Crippen LogP contribution in [0.3, 0.4) is 0 Å². The minimum Gasteiger partial charge on any atom is -0.496 e. The van der Waals surface area contributed by atoms with Crippen LogP contribution >= 0.6 is 0 Å². The van der Waals surface area contributed by atoms with Gasteiger partial charge in [0.2, 0.25) is 0 Å². The molecule has 4 rings (SSSR count). The highest BCUT2D eigenvalue weighted by molar-refractivity contribution is 5.71. The summed E-state index contributed by atoms with van der Waals surface area (Å²) in [5.74, 6) is 3.22. The summed E-state index contributed by atoms with van der Waals surface area (Å²) in [5, 5.41) is 0. The number of fused-ring (bicyclic) bond motifs is 1. The Morgan fingerprint density at radius 1 is 1.19 bits per heavy atom. The Morgan fingerprint density at radius 3 is 2.81 bits per heavy atom. The lowest BCUT2D eigenvalue weighted by atomic mass is 9.81. The minimum absolute atomic E-state index is 0.546. The van der Waals surface area contributed by atoms with Gasteiger partial charge in [0.15, 0.2) is 5.65 Å². The Hall–Kier alpha value is -2.40. The van der Waals surface area contributed by atoms with Gasteiger partial charge < -0.3 is 9.30 Å². The van der Waals surface area contributed by atoms with Crippen LogP contribution in [0.5, 0.6) is 5.75 Å². The van der Waals surface area contributed by atoms with Gasteiger partial charge in [-0.25, -0.2) is 9.97 Å². The van der Waals surface area contributed by atoms with Crippen LogP contribution in [0, 0.1) is 5.92 Å². The molecule has 0 amide bonds. The summed E-state index contributed by atoms with van der Waals surface area (Å²) in [6, 6.07) is 12.5. The lowest BCUT2D eigenvalue weighted by Crippen LogP contribution is -2.38. The first-order chi connectivity index (χ1) is 12.7. The zero-order valence-corrected chi connectivity index (χ0v) is 15.7. The number of hydrogen-bond acceptors (Lipinski definition) is 4. The van der Waals surface area contributed by atoms with Crippen LogP contribution in [-0.4, -0.2) is 39.6 Å². The zero-order valence-electron chi connectivity index (χ0n) is 15.7. The van der Waals surface area contributed by atoms with Gasteiger partial charge in [-0.05, 0) is 48.6 Å². The molecule has 2 aromatic heterocycles. The van der Waals surface area contributed by atoms with Crippen molar-refractivity contribution < 1.29 is 4.74 Å². The zero-order chi connectivity index (χ0) is 18.1. The van der Waals surface area contributed by atoms with Crippen LogP contribution in [0.1, 0.15) is 30.7 Å². The van der Waals surface area contributed by atoms with Crippen molar-refractivity contribution in [2.24, 2.45) is 13.0 Å². The van der Waals surface area contributed by atoms with Gasteiger partial charge in [0, 0.05) is 19.8 Å². The smallest absolute Gasteiger partial charge is 0.177 e. The first-order valence-corrected chi connectivity index (χ1v) is 9.29. The van der Waals surface area contributed by atoms with Crippen molar-refractivity contribution in [3.05, 3.63) is 54.0 Å². The number of aryl methyl sites for hydroxylation is 1. The largest absolute Gasteiger partial charge is 0.496 e. The third-order valence-corrected chi connectivity index (χ3v) is 5.64. The van der Waals surface area contributed by atoms with E-state index in [4.69, 9.17) is 9.72 Å². The van der Waals surface area contributed by atoms with E-state index < -0.39 is 0 Å². The Bertz CT molecular complexity index is 904. The molecule has 1 aliphatic heterocycles. The molecule has 5 heteroatoms. The average Bonchev–Trinajstić information content (AvgIpc) is 2.98. The van der Waals surface area contributed by atoms with Crippen LogP contribution in [0.4, 0.5) is 0 Å². The van der Waals surface area contributed by atoms with Gasteiger partial charge in [0.1, 0.15) is 11.6 Å². The van der Waals surface area contributed by atoms with E-state index in [1.165, 1.54) is 5.56 Å². The molecule has 0 N–H and O–H groups in total. The number of aromatic nitrogens is 3. The van der Waals surface area contributed by atoms with Crippen molar-refractivity contribution in [1.29, 1.82) is 0 Å². The number of para-hydroxylation sites is 1. The number of piperidine rings is 1. The van der Waals surface area contributed by atoms with Gasteiger partial charge >= 0.3 is 0 Å². The number of pyridine rings is 1. The van der Waals surface area contributed by atoms with E-state index >= 15 is 0 Å². The number of imidazole rings is 1. The second-order valence-corrected chi connectivity index (χ2v) is 7.28. The average molecular weight is 350 g/mol. The summed E-state index contributed by atoms with van der Waals surface area (Å²) in [6.07, 6.45) is 2.95. The first-order valence-electron chi connectivity index (χ1n) is 9.29. The molecule has 2 atom stereocenters. The maximum absolute atomic E-state index is 5.58. The number of nitrogens with zero attached hydrogens (tertiary/aromatic N) is 4. The molecular weight excluding hydrogens is 324 g/mol. The minimum atomic E-state index is 0.546. The molecule has 0 bridgehead atoms. The molecule has 5 nitrogen and oxygen atoms in total. The van der Waals surface area contributed by atoms with Crippen LogP contribution in [-0.2, 0) is 13.6 Å². The standard InChI is InChI=1S/C21H26N4O/c1-15-13-25(12-10-16(15)17-7-4-5-9-19(17)26-3)14-20-23-21-18(24(20)2)8-6-11-22-21/h4-9,11,15-16H,10,12-14H2,1-3H3. The quantitative estimate of drug-likeness (QED) is 0.721. The molecule has 0 spiro atoms. The van der Waals surface area contributed by atoms with E-state index in [2.05, 4.69) is 52.7 Å². The Balaban J connectivity index is 1.49. The van der Waals surface area contributed by atoms with Gasteiger partial charge in [-0.2, -0.15) is 0 Å². The predicted molar refractivity (Wildman–Crippen MR) is 103 cm³/mol. The summed E-state index contributed by atoms with van der Waals surface area (Å²) in [4.78, 5) is 11.6. The highest BCUT2D eigenvalue weighted by Crippen LogP contribution is 2.37. The number of ether oxygens (including phenoxy) is 1. The molecule has 1 aliphatic rings. The van der Waals surface area contributed by atoms with E-state index in [9.17, 15) is 0 Å². The molecule has 0 radical (unpaired) electrons. The maximum atomic E-state index is 5.58. The van der Waals surface area contributed by atoms with Crippen LogP contribution in [0.2, 0.25) is 0 Å². The SMILES string of the molecule is COc1ccccc1C1CCN(Cc2nc3ncccc3n2C)CC1C. The lowest BCUT2D eigenvalue weighted by Gasteiger charge is -2.37. The number of likely N-dealkylation sites (tertiary alicyclic amines) is 1. The number of hydrogen-bond donors (Lipinski definition) is 0. The second-order valence-electron chi connectivity index (χ2n) is 7.28. The fourth-order valence-electron chi connectivity index (χ4n) is 4.22. The number of benzene rings is 1. The summed E-state index contributed by atoms with van der Waals surface area (Å²) in [7, 11) is 3.84. The van der Waals surface area contributed by atoms with Crippen molar-refractivity contribution in [1.82, 2.24) is 19.4 Å². The van der Waals surface area contributed by atoms with E-state index in [1.54, 1.807) is 13.3 Å². The van der Waals surface area contributed by atoms with Gasteiger partial charge in [0.25, 0.3) is 0 Å². The fourth-order valence-corrected chi connectivity index (χ4v) is 4.22. The third kappa shape index (κ3) is 3.07. The van der Waals surface area contributed by atoms with Crippen molar-refractivity contribution >= 4 is 11.2 Å². The van der Waals surface area contributed by atoms with Gasteiger partial charge in [0.05, 0.1) is 19.2 Å².